The van der Waals surface area contributed by atoms with E-state index in [0.29, 0.717) is 6.54 Å². The first kappa shape index (κ1) is 19.9. The maximum atomic E-state index is 13.2. The van der Waals surface area contributed by atoms with Crippen LogP contribution in [0.2, 0.25) is 0 Å². The number of amides is 2. The first-order chi connectivity index (χ1) is 14.6. The summed E-state index contributed by atoms with van der Waals surface area (Å²) in [4.78, 5) is 27.6. The van der Waals surface area contributed by atoms with Crippen molar-refractivity contribution in [3.05, 3.63) is 95.6 Å². The normalized spacial score (nSPS) is 13.3. The third kappa shape index (κ3) is 3.72. The highest BCUT2D eigenvalue weighted by atomic mass is 16.3. The summed E-state index contributed by atoms with van der Waals surface area (Å²) in [6.07, 6.45) is 0. The van der Waals surface area contributed by atoms with Gasteiger partial charge in [0.2, 0.25) is 11.8 Å². The van der Waals surface area contributed by atoms with Crippen molar-refractivity contribution in [2.45, 2.75) is 18.5 Å². The van der Waals surface area contributed by atoms with E-state index in [1.807, 2.05) is 78.9 Å². The van der Waals surface area contributed by atoms with Crippen molar-refractivity contribution in [3.63, 3.8) is 0 Å². The van der Waals surface area contributed by atoms with Crippen LogP contribution in [0.3, 0.4) is 0 Å². The van der Waals surface area contributed by atoms with Crippen molar-refractivity contribution >= 4 is 11.8 Å². The first-order valence-electron chi connectivity index (χ1n) is 9.98. The van der Waals surface area contributed by atoms with Crippen LogP contribution in [0, 0.1) is 0 Å². The van der Waals surface area contributed by atoms with E-state index >= 15 is 0 Å². The van der Waals surface area contributed by atoms with Gasteiger partial charge in [0.15, 0.2) is 0 Å². The van der Waals surface area contributed by atoms with Gasteiger partial charge >= 0.3 is 0 Å². The van der Waals surface area contributed by atoms with Gasteiger partial charge in [0.05, 0.1) is 12.5 Å². The lowest BCUT2D eigenvalue weighted by molar-refractivity contribution is -0.137. The number of fused-ring (bicyclic) bond motifs is 3. The van der Waals surface area contributed by atoms with Crippen molar-refractivity contribution in [1.82, 2.24) is 10.2 Å². The molecule has 4 rings (SSSR count). The second kappa shape index (κ2) is 8.51. The van der Waals surface area contributed by atoms with E-state index in [-0.39, 0.29) is 11.8 Å². The number of carbonyl (C=O) groups excluding carboxylic acids is 2. The molecular formula is C25H24N2O3. The molecule has 1 aliphatic rings. The van der Waals surface area contributed by atoms with E-state index in [0.717, 1.165) is 27.8 Å². The molecule has 1 atom stereocenters. The van der Waals surface area contributed by atoms with E-state index < -0.39 is 18.6 Å². The van der Waals surface area contributed by atoms with Crippen molar-refractivity contribution in [2.75, 3.05) is 13.7 Å². The predicted molar refractivity (Wildman–Crippen MR) is 116 cm³/mol. The maximum absolute atomic E-state index is 13.2. The Kier molecular flexibility index (Phi) is 5.63. The Morgan fingerprint density at radius 1 is 0.900 bits per heavy atom. The molecular weight excluding hydrogens is 376 g/mol. The Morgan fingerprint density at radius 3 is 2.00 bits per heavy atom. The Bertz CT molecular complexity index is 1020. The van der Waals surface area contributed by atoms with Crippen LogP contribution in [-0.4, -0.2) is 41.5 Å². The summed E-state index contributed by atoms with van der Waals surface area (Å²) < 4.78 is 0. The average molecular weight is 400 g/mol. The number of nitrogens with zero attached hydrogens (tertiary/aromatic N) is 1. The third-order valence-corrected chi connectivity index (χ3v) is 5.53. The summed E-state index contributed by atoms with van der Waals surface area (Å²) >= 11 is 0. The van der Waals surface area contributed by atoms with Gasteiger partial charge in [0.1, 0.15) is 6.04 Å². The Morgan fingerprint density at radius 2 is 1.43 bits per heavy atom. The average Bonchev–Trinajstić information content (AvgIpc) is 3.12. The van der Waals surface area contributed by atoms with Crippen LogP contribution in [0.4, 0.5) is 0 Å². The molecule has 3 aromatic rings. The second-order valence-corrected chi connectivity index (χ2v) is 7.53. The van der Waals surface area contributed by atoms with Crippen molar-refractivity contribution in [1.29, 1.82) is 0 Å². The van der Waals surface area contributed by atoms with Gasteiger partial charge in [-0.2, -0.15) is 0 Å². The number of aliphatic hydroxyl groups excluding tert-OH is 1. The summed E-state index contributed by atoms with van der Waals surface area (Å²) in [7, 11) is 1.67. The fourth-order valence-corrected chi connectivity index (χ4v) is 4.08. The highest BCUT2D eigenvalue weighted by Crippen LogP contribution is 2.44. The Hall–Kier alpha value is -3.44. The minimum Gasteiger partial charge on any atom is -0.394 e. The molecule has 0 aliphatic heterocycles. The zero-order valence-corrected chi connectivity index (χ0v) is 16.8. The zero-order valence-electron chi connectivity index (χ0n) is 16.8. The lowest BCUT2D eigenvalue weighted by Crippen LogP contribution is -2.50. The van der Waals surface area contributed by atoms with E-state index in [1.54, 1.807) is 7.05 Å². The summed E-state index contributed by atoms with van der Waals surface area (Å²) in [5.41, 5.74) is 4.87. The molecule has 3 aromatic carbocycles. The molecule has 2 amide bonds. The van der Waals surface area contributed by atoms with Gasteiger partial charge in [0.25, 0.3) is 0 Å². The van der Waals surface area contributed by atoms with Crippen LogP contribution in [0.5, 0.6) is 0 Å². The van der Waals surface area contributed by atoms with Gasteiger partial charge in [-0.05, 0) is 27.8 Å². The number of aliphatic hydroxyl groups is 1. The molecule has 0 spiro atoms. The van der Waals surface area contributed by atoms with Crippen molar-refractivity contribution in [2.24, 2.45) is 0 Å². The van der Waals surface area contributed by atoms with Crippen LogP contribution in [0.25, 0.3) is 11.1 Å². The SMILES string of the molecule is CN(Cc1ccccc1)C(=O)C(CO)NC(=O)C1c2ccccc2-c2ccccc21. The molecule has 5 nitrogen and oxygen atoms in total. The standard InChI is InChI=1S/C25H24N2O3/c1-27(15-17-9-3-2-4-10-17)25(30)22(16-28)26-24(29)23-20-13-7-5-11-18(20)19-12-6-8-14-21(19)23/h2-14,22-23,28H,15-16H2,1H3,(H,26,29). The fraction of sp³-hybridized carbons (Fsp3) is 0.200. The van der Waals surface area contributed by atoms with Gasteiger partial charge in [-0.1, -0.05) is 78.9 Å². The predicted octanol–water partition coefficient (Wildman–Crippen LogP) is 2.93. The van der Waals surface area contributed by atoms with E-state index in [1.165, 1.54) is 4.90 Å². The molecule has 0 saturated heterocycles. The summed E-state index contributed by atoms with van der Waals surface area (Å²) in [6.45, 7) is -0.0547. The number of rotatable bonds is 6. The molecule has 0 radical (unpaired) electrons. The van der Waals surface area contributed by atoms with Gasteiger partial charge in [-0.15, -0.1) is 0 Å². The molecule has 2 N–H and O–H groups in total. The molecule has 152 valence electrons. The van der Waals surface area contributed by atoms with Crippen LogP contribution >= 0.6 is 0 Å². The smallest absolute Gasteiger partial charge is 0.247 e. The quantitative estimate of drug-likeness (QED) is 0.668. The van der Waals surface area contributed by atoms with Crippen LogP contribution in [0.1, 0.15) is 22.6 Å². The number of hydrogen-bond donors (Lipinski definition) is 2. The third-order valence-electron chi connectivity index (χ3n) is 5.53. The molecule has 0 fully saturated rings. The Labute approximate surface area is 176 Å². The van der Waals surface area contributed by atoms with Crippen molar-refractivity contribution in [3.8, 4) is 11.1 Å². The molecule has 5 heteroatoms. The monoisotopic (exact) mass is 400 g/mol. The van der Waals surface area contributed by atoms with Crippen LogP contribution in [-0.2, 0) is 16.1 Å². The van der Waals surface area contributed by atoms with Gasteiger partial charge < -0.3 is 15.3 Å². The van der Waals surface area contributed by atoms with E-state index in [9.17, 15) is 14.7 Å². The number of carbonyl (C=O) groups is 2. The molecule has 30 heavy (non-hydrogen) atoms. The fourth-order valence-electron chi connectivity index (χ4n) is 4.08. The van der Waals surface area contributed by atoms with Crippen molar-refractivity contribution < 1.29 is 14.7 Å². The van der Waals surface area contributed by atoms with E-state index in [2.05, 4.69) is 5.32 Å². The molecule has 0 saturated carbocycles. The zero-order chi connectivity index (χ0) is 21.1. The molecule has 0 heterocycles. The number of hydrogen-bond acceptors (Lipinski definition) is 3. The summed E-state index contributed by atoms with van der Waals surface area (Å²) in [6, 6.07) is 24.2. The summed E-state index contributed by atoms with van der Waals surface area (Å²) in [5.74, 6) is -1.11. The lowest BCUT2D eigenvalue weighted by Gasteiger charge is -2.25. The van der Waals surface area contributed by atoms with E-state index in [4.69, 9.17) is 0 Å². The molecule has 1 aliphatic carbocycles. The van der Waals surface area contributed by atoms with Gasteiger partial charge in [-0.25, -0.2) is 0 Å². The largest absolute Gasteiger partial charge is 0.394 e. The first-order valence-corrected chi connectivity index (χ1v) is 9.98. The molecule has 0 aromatic heterocycles. The van der Waals surface area contributed by atoms with Crippen LogP contribution in [0.15, 0.2) is 78.9 Å². The minimum atomic E-state index is -0.994. The van der Waals surface area contributed by atoms with Gasteiger partial charge in [0, 0.05) is 13.6 Å². The number of likely N-dealkylation sites (N-methyl/N-ethyl adjacent to an activating group) is 1. The topological polar surface area (TPSA) is 69.6 Å². The highest BCUT2D eigenvalue weighted by Gasteiger charge is 2.35. The van der Waals surface area contributed by atoms with Gasteiger partial charge in [-0.3, -0.25) is 9.59 Å². The maximum Gasteiger partial charge on any atom is 0.247 e. The molecule has 1 unspecified atom stereocenters. The number of benzene rings is 3. The van der Waals surface area contributed by atoms with Crippen LogP contribution < -0.4 is 5.32 Å². The Balaban J connectivity index is 1.53. The lowest BCUT2D eigenvalue weighted by atomic mass is 9.95. The summed E-state index contributed by atoms with van der Waals surface area (Å²) in [5, 5.41) is 12.6. The second-order valence-electron chi connectivity index (χ2n) is 7.53. The highest BCUT2D eigenvalue weighted by molar-refractivity contribution is 5.98. The minimum absolute atomic E-state index is 0.284. The number of nitrogens with one attached hydrogen (secondary N) is 1. The molecule has 0 bridgehead atoms.